The first-order valence-corrected chi connectivity index (χ1v) is 10.4. The van der Waals surface area contributed by atoms with Crippen LogP contribution in [-0.2, 0) is 14.3 Å². The number of ether oxygens (including phenoxy) is 2. The van der Waals surface area contributed by atoms with E-state index in [-0.39, 0.29) is 29.7 Å². The first-order chi connectivity index (χ1) is 14.3. The Kier molecular flexibility index (Phi) is 4.36. The number of carbonyl (C=O) groups excluding carboxylic acids is 2. The summed E-state index contributed by atoms with van der Waals surface area (Å²) in [6, 6.07) is 5.96. The van der Waals surface area contributed by atoms with Gasteiger partial charge in [-0.3, -0.25) is 14.4 Å². The van der Waals surface area contributed by atoms with E-state index in [1.165, 1.54) is 0 Å². The fourth-order valence-corrected chi connectivity index (χ4v) is 4.06. The molecule has 3 aliphatic rings. The van der Waals surface area contributed by atoms with Gasteiger partial charge in [0.15, 0.2) is 0 Å². The number of amides is 2. The highest BCUT2D eigenvalue weighted by Gasteiger charge is 2.44. The van der Waals surface area contributed by atoms with Gasteiger partial charge >= 0.3 is 6.09 Å². The van der Waals surface area contributed by atoms with Crippen LogP contribution in [0.1, 0.15) is 39.7 Å². The van der Waals surface area contributed by atoms with Gasteiger partial charge in [0.1, 0.15) is 5.60 Å². The number of hydrogen-bond donors (Lipinski definition) is 0. The second-order valence-corrected chi connectivity index (χ2v) is 8.77. The van der Waals surface area contributed by atoms with E-state index in [2.05, 4.69) is 5.10 Å². The lowest BCUT2D eigenvalue weighted by Gasteiger charge is -2.40. The summed E-state index contributed by atoms with van der Waals surface area (Å²) in [7, 11) is 0. The molecule has 1 unspecified atom stereocenters. The van der Waals surface area contributed by atoms with E-state index in [9.17, 15) is 9.59 Å². The van der Waals surface area contributed by atoms with Crippen molar-refractivity contribution in [2.24, 2.45) is 0 Å². The second kappa shape index (κ2) is 6.84. The van der Waals surface area contributed by atoms with Crippen molar-refractivity contribution >= 4 is 23.4 Å². The molecule has 30 heavy (non-hydrogen) atoms. The molecule has 5 rings (SSSR count). The van der Waals surface area contributed by atoms with E-state index in [1.807, 2.05) is 49.1 Å². The highest BCUT2D eigenvalue weighted by molar-refractivity contribution is 6.03. The van der Waals surface area contributed by atoms with Crippen LogP contribution in [0.3, 0.4) is 0 Å². The first kappa shape index (κ1) is 19.1. The van der Waals surface area contributed by atoms with E-state index < -0.39 is 0 Å². The number of rotatable bonds is 3. The van der Waals surface area contributed by atoms with Crippen LogP contribution in [-0.4, -0.2) is 53.2 Å². The van der Waals surface area contributed by atoms with Crippen LogP contribution in [0.15, 0.2) is 30.6 Å². The normalized spacial score (nSPS) is 22.3. The number of carbonyl (C=O) groups is 2. The Labute approximate surface area is 175 Å². The van der Waals surface area contributed by atoms with Gasteiger partial charge in [-0.2, -0.15) is 5.10 Å². The average molecular weight is 410 g/mol. The zero-order chi connectivity index (χ0) is 21.0. The lowest BCUT2D eigenvalue weighted by molar-refractivity contribution is -0.117. The molecule has 158 valence electrons. The quantitative estimate of drug-likeness (QED) is 0.775. The minimum Gasteiger partial charge on any atom is -0.443 e. The van der Waals surface area contributed by atoms with Crippen LogP contribution in [0, 0.1) is 0 Å². The molecular weight excluding hydrogens is 384 g/mol. The summed E-state index contributed by atoms with van der Waals surface area (Å²) < 4.78 is 12.9. The molecule has 1 aliphatic carbocycles. The number of benzene rings is 1. The van der Waals surface area contributed by atoms with Crippen molar-refractivity contribution < 1.29 is 19.1 Å². The molecule has 0 spiro atoms. The van der Waals surface area contributed by atoms with Gasteiger partial charge in [0.2, 0.25) is 5.91 Å². The molecule has 1 aromatic heterocycles. The number of hydrogen-bond acceptors (Lipinski definition) is 5. The van der Waals surface area contributed by atoms with Crippen molar-refractivity contribution in [3.63, 3.8) is 0 Å². The van der Waals surface area contributed by atoms with E-state index in [0.717, 1.165) is 29.7 Å². The zero-order valence-electron chi connectivity index (χ0n) is 17.5. The minimum atomic E-state index is -0.359. The van der Waals surface area contributed by atoms with Crippen LogP contribution in [0.5, 0.6) is 0 Å². The second-order valence-electron chi connectivity index (χ2n) is 8.77. The van der Waals surface area contributed by atoms with Gasteiger partial charge in [0.05, 0.1) is 42.9 Å². The molecule has 2 aliphatic heterocycles. The number of nitrogens with zero attached hydrogens (tertiary/aromatic N) is 4. The summed E-state index contributed by atoms with van der Waals surface area (Å²) in [5, 5.41) is 4.46. The average Bonchev–Trinajstić information content (AvgIpc) is 3.18. The predicted octanol–water partition coefficient (Wildman–Crippen LogP) is 3.37. The molecule has 8 nitrogen and oxygen atoms in total. The number of anilines is 2. The lowest BCUT2D eigenvalue weighted by Crippen LogP contribution is -2.52. The molecule has 3 heterocycles. The largest absolute Gasteiger partial charge is 0.443 e. The van der Waals surface area contributed by atoms with Gasteiger partial charge in [-0.25, -0.2) is 4.79 Å². The molecule has 0 N–H and O–H groups in total. The summed E-state index contributed by atoms with van der Waals surface area (Å²) >= 11 is 0. The summed E-state index contributed by atoms with van der Waals surface area (Å²) in [6.07, 6.45) is 5.24. The molecule has 1 aromatic carbocycles. The number of aromatic nitrogens is 2. The summed E-state index contributed by atoms with van der Waals surface area (Å²) in [6.45, 7) is 7.20. The molecule has 2 amide bonds. The molecule has 1 saturated carbocycles. The fraction of sp³-hybridized carbons (Fsp3) is 0.500. The first-order valence-electron chi connectivity index (χ1n) is 10.4. The maximum absolute atomic E-state index is 13.0. The summed E-state index contributed by atoms with van der Waals surface area (Å²) in [4.78, 5) is 28.7. The third-order valence-corrected chi connectivity index (χ3v) is 6.19. The monoisotopic (exact) mass is 410 g/mol. The molecule has 8 heteroatoms. The van der Waals surface area contributed by atoms with Crippen LogP contribution in [0.4, 0.5) is 16.2 Å². The molecule has 0 radical (unpaired) electrons. The lowest BCUT2D eigenvalue weighted by atomic mass is 10.0. The van der Waals surface area contributed by atoms with E-state index in [4.69, 9.17) is 9.47 Å². The highest BCUT2D eigenvalue weighted by Crippen LogP contribution is 2.42. The third-order valence-electron chi connectivity index (χ3n) is 6.19. The van der Waals surface area contributed by atoms with Crippen molar-refractivity contribution in [1.29, 1.82) is 0 Å². The number of fused-ring (bicyclic) bond motifs is 1. The Morgan fingerprint density at radius 1 is 1.20 bits per heavy atom. The van der Waals surface area contributed by atoms with Crippen LogP contribution in [0.25, 0.3) is 11.1 Å². The molecule has 0 bridgehead atoms. The van der Waals surface area contributed by atoms with Gasteiger partial charge < -0.3 is 14.4 Å². The molecular formula is C22H26N4O4. The standard InChI is InChI=1S/C22H26N4O4/c1-14-10-24(21(28)30-22(3)6-7-22)20-8-16(4-5-19(20)26(14)15(2)27)17-9-23-25(11-17)18-12-29-13-18/h4-5,8-9,11,14,18H,6-7,10,12-13H2,1-3H3. The van der Waals surface area contributed by atoms with E-state index in [0.29, 0.717) is 25.4 Å². The maximum Gasteiger partial charge on any atom is 0.414 e. The van der Waals surface area contributed by atoms with Crippen molar-refractivity contribution in [3.8, 4) is 11.1 Å². The summed E-state index contributed by atoms with van der Waals surface area (Å²) in [5.74, 6) is -0.0449. The predicted molar refractivity (Wildman–Crippen MR) is 112 cm³/mol. The molecule has 1 atom stereocenters. The molecule has 2 aromatic rings. The SMILES string of the molecule is CC(=O)N1c2ccc(-c3cnn(C4COC4)c3)cc2N(C(=O)OC2(C)CC2)CC1C. The molecule has 1 saturated heterocycles. The zero-order valence-corrected chi connectivity index (χ0v) is 17.5. The van der Waals surface area contributed by atoms with E-state index in [1.54, 1.807) is 16.7 Å². The Hall–Kier alpha value is -2.87. The van der Waals surface area contributed by atoms with Crippen molar-refractivity contribution in [1.82, 2.24) is 9.78 Å². The Morgan fingerprint density at radius 3 is 2.60 bits per heavy atom. The Balaban J connectivity index is 1.52. The summed E-state index contributed by atoms with van der Waals surface area (Å²) in [5.41, 5.74) is 2.95. The van der Waals surface area contributed by atoms with Crippen molar-refractivity contribution in [3.05, 3.63) is 30.6 Å². The van der Waals surface area contributed by atoms with Crippen LogP contribution >= 0.6 is 0 Å². The van der Waals surface area contributed by atoms with Gasteiger partial charge in [-0.05, 0) is 44.4 Å². The van der Waals surface area contributed by atoms with Crippen molar-refractivity contribution in [2.45, 2.75) is 51.3 Å². The fourth-order valence-electron chi connectivity index (χ4n) is 4.06. The maximum atomic E-state index is 13.0. The van der Waals surface area contributed by atoms with Crippen LogP contribution < -0.4 is 9.80 Å². The van der Waals surface area contributed by atoms with Gasteiger partial charge in [0.25, 0.3) is 0 Å². The topological polar surface area (TPSA) is 76.9 Å². The van der Waals surface area contributed by atoms with Crippen molar-refractivity contribution in [2.75, 3.05) is 29.6 Å². The van der Waals surface area contributed by atoms with Gasteiger partial charge in [0, 0.05) is 25.2 Å². The Morgan fingerprint density at radius 2 is 1.97 bits per heavy atom. The highest BCUT2D eigenvalue weighted by atomic mass is 16.6. The smallest absolute Gasteiger partial charge is 0.414 e. The molecule has 2 fully saturated rings. The third kappa shape index (κ3) is 3.25. The Bertz CT molecular complexity index is 1010. The van der Waals surface area contributed by atoms with Gasteiger partial charge in [-0.1, -0.05) is 6.07 Å². The van der Waals surface area contributed by atoms with Crippen LogP contribution in [0.2, 0.25) is 0 Å². The van der Waals surface area contributed by atoms with Gasteiger partial charge in [-0.15, -0.1) is 0 Å². The minimum absolute atomic E-state index is 0.0449. The van der Waals surface area contributed by atoms with E-state index >= 15 is 0 Å².